The van der Waals surface area contributed by atoms with Crippen molar-refractivity contribution in [2.75, 3.05) is 16.6 Å². The normalized spacial score (nSPS) is 11.0. The minimum Gasteiger partial charge on any atom is -0.492 e. The van der Waals surface area contributed by atoms with Gasteiger partial charge in [0.15, 0.2) is 0 Å². The van der Waals surface area contributed by atoms with Crippen molar-refractivity contribution in [3.8, 4) is 5.75 Å². The van der Waals surface area contributed by atoms with Gasteiger partial charge in [0.1, 0.15) is 5.75 Å². The summed E-state index contributed by atoms with van der Waals surface area (Å²) in [5.41, 5.74) is 1.70. The zero-order valence-corrected chi connectivity index (χ0v) is 18.0. The zero-order valence-electron chi connectivity index (χ0n) is 16.5. The molecule has 3 aromatic rings. The maximum atomic E-state index is 12.9. The molecule has 6 nitrogen and oxygen atoms in total. The average molecular weight is 445 g/mol. The first-order valence-electron chi connectivity index (χ1n) is 9.23. The first-order valence-corrected chi connectivity index (χ1v) is 11.1. The van der Waals surface area contributed by atoms with Crippen molar-refractivity contribution < 1.29 is 17.9 Å². The van der Waals surface area contributed by atoms with Crippen molar-refractivity contribution in [3.05, 3.63) is 82.9 Å². The molecule has 0 aromatic heterocycles. The molecule has 0 fully saturated rings. The molecular formula is C22H21ClN2O4S. The van der Waals surface area contributed by atoms with E-state index in [2.05, 4.69) is 10.0 Å². The number of carbonyl (C=O) groups is 1. The smallest absolute Gasteiger partial charge is 0.261 e. The Bertz CT molecular complexity index is 1170. The quantitative estimate of drug-likeness (QED) is 0.531. The van der Waals surface area contributed by atoms with E-state index in [0.717, 1.165) is 0 Å². The molecule has 3 rings (SSSR count). The van der Waals surface area contributed by atoms with Gasteiger partial charge in [-0.2, -0.15) is 0 Å². The second-order valence-electron chi connectivity index (χ2n) is 6.43. The third-order valence-corrected chi connectivity index (χ3v) is 6.13. The number of nitrogens with one attached hydrogen (secondary N) is 2. The van der Waals surface area contributed by atoms with Crippen LogP contribution in [0.4, 0.5) is 11.4 Å². The summed E-state index contributed by atoms with van der Waals surface area (Å²) in [5, 5.41) is 3.19. The first-order chi connectivity index (χ1) is 14.3. The van der Waals surface area contributed by atoms with E-state index in [-0.39, 0.29) is 16.5 Å². The Morgan fingerprint density at radius 1 is 1.00 bits per heavy atom. The molecule has 0 saturated heterocycles. The van der Waals surface area contributed by atoms with E-state index < -0.39 is 10.0 Å². The number of benzene rings is 3. The molecule has 0 atom stereocenters. The molecule has 2 N–H and O–H groups in total. The number of halogens is 1. The molecule has 0 aliphatic carbocycles. The number of ether oxygens (including phenoxy) is 1. The van der Waals surface area contributed by atoms with Gasteiger partial charge in [-0.3, -0.25) is 9.52 Å². The Morgan fingerprint density at radius 3 is 2.43 bits per heavy atom. The molecule has 0 spiro atoms. The number of hydrogen-bond donors (Lipinski definition) is 2. The van der Waals surface area contributed by atoms with Gasteiger partial charge in [0, 0.05) is 10.6 Å². The molecule has 0 unspecified atom stereocenters. The molecule has 1 amide bonds. The lowest BCUT2D eigenvalue weighted by molar-refractivity contribution is 0.102. The minimum atomic E-state index is -3.92. The molecule has 3 aromatic carbocycles. The Hall–Kier alpha value is -3.03. The van der Waals surface area contributed by atoms with Crippen LogP contribution in [0.5, 0.6) is 5.75 Å². The van der Waals surface area contributed by atoms with E-state index in [1.807, 2.05) is 0 Å². The van der Waals surface area contributed by atoms with Crippen molar-refractivity contribution in [3.63, 3.8) is 0 Å². The van der Waals surface area contributed by atoms with Gasteiger partial charge in [-0.05, 0) is 61.9 Å². The summed E-state index contributed by atoms with van der Waals surface area (Å²) in [5.74, 6) is 0.00409. The standard InChI is InChI=1S/C22H21ClN2O4S/c1-3-29-21-13-12-17(14-20(21)24-22(26)16-8-5-4-6-9-16)30(27,28)25-19-11-7-10-18(23)15(19)2/h4-14,25H,3H2,1-2H3,(H,24,26). The van der Waals surface area contributed by atoms with Gasteiger partial charge >= 0.3 is 0 Å². The molecule has 0 heterocycles. The Balaban J connectivity index is 1.94. The highest BCUT2D eigenvalue weighted by Crippen LogP contribution is 2.30. The van der Waals surface area contributed by atoms with E-state index in [9.17, 15) is 13.2 Å². The maximum absolute atomic E-state index is 12.9. The number of rotatable bonds is 7. The summed E-state index contributed by atoms with van der Waals surface area (Å²) in [6, 6.07) is 17.9. The highest BCUT2D eigenvalue weighted by atomic mass is 35.5. The summed E-state index contributed by atoms with van der Waals surface area (Å²) >= 11 is 6.09. The summed E-state index contributed by atoms with van der Waals surface area (Å²) in [6.07, 6.45) is 0. The Morgan fingerprint density at radius 2 is 1.73 bits per heavy atom. The van der Waals surface area contributed by atoms with Gasteiger partial charge in [-0.25, -0.2) is 8.42 Å². The van der Waals surface area contributed by atoms with E-state index in [1.54, 1.807) is 62.4 Å². The summed E-state index contributed by atoms with van der Waals surface area (Å²) in [4.78, 5) is 12.5. The summed E-state index contributed by atoms with van der Waals surface area (Å²) < 4.78 is 34.0. The Labute approximate surface area is 180 Å². The van der Waals surface area contributed by atoms with Crippen molar-refractivity contribution >= 4 is 38.9 Å². The number of sulfonamides is 1. The van der Waals surface area contributed by atoms with Gasteiger partial charge in [-0.15, -0.1) is 0 Å². The summed E-state index contributed by atoms with van der Waals surface area (Å²) in [6.45, 7) is 3.89. The predicted octanol–water partition coefficient (Wildman–Crippen LogP) is 5.10. The first kappa shape index (κ1) is 21.7. The van der Waals surface area contributed by atoms with Crippen LogP contribution in [0.1, 0.15) is 22.8 Å². The fraction of sp³-hybridized carbons (Fsp3) is 0.136. The molecule has 0 bridgehead atoms. The van der Waals surface area contributed by atoms with E-state index in [4.69, 9.17) is 16.3 Å². The maximum Gasteiger partial charge on any atom is 0.261 e. The van der Waals surface area contributed by atoms with Gasteiger partial charge < -0.3 is 10.1 Å². The third kappa shape index (κ3) is 4.93. The lowest BCUT2D eigenvalue weighted by atomic mass is 10.2. The van der Waals surface area contributed by atoms with Crippen LogP contribution in [0.25, 0.3) is 0 Å². The fourth-order valence-corrected chi connectivity index (χ4v) is 4.08. The van der Waals surface area contributed by atoms with Crippen molar-refractivity contribution in [2.24, 2.45) is 0 Å². The van der Waals surface area contributed by atoms with Crippen LogP contribution in [-0.4, -0.2) is 20.9 Å². The van der Waals surface area contributed by atoms with Crippen LogP contribution in [0.3, 0.4) is 0 Å². The zero-order chi connectivity index (χ0) is 21.7. The monoisotopic (exact) mass is 444 g/mol. The van der Waals surface area contributed by atoms with Gasteiger partial charge in [0.25, 0.3) is 15.9 Å². The van der Waals surface area contributed by atoms with Gasteiger partial charge in [-0.1, -0.05) is 35.9 Å². The Kier molecular flexibility index (Phi) is 6.64. The molecular weight excluding hydrogens is 424 g/mol. The van der Waals surface area contributed by atoms with Crippen LogP contribution < -0.4 is 14.8 Å². The second-order valence-corrected chi connectivity index (χ2v) is 8.52. The third-order valence-electron chi connectivity index (χ3n) is 4.36. The number of amides is 1. The molecule has 30 heavy (non-hydrogen) atoms. The average Bonchev–Trinajstić information content (AvgIpc) is 2.73. The molecule has 0 radical (unpaired) electrons. The molecule has 0 aliphatic heterocycles. The molecule has 0 aliphatic rings. The minimum absolute atomic E-state index is 0.0197. The highest BCUT2D eigenvalue weighted by Gasteiger charge is 2.19. The molecule has 156 valence electrons. The van der Waals surface area contributed by atoms with Crippen molar-refractivity contribution in [1.82, 2.24) is 0 Å². The molecule has 8 heteroatoms. The lowest BCUT2D eigenvalue weighted by Crippen LogP contribution is -2.16. The van der Waals surface area contributed by atoms with Crippen molar-refractivity contribution in [2.45, 2.75) is 18.7 Å². The molecule has 0 saturated carbocycles. The van der Waals surface area contributed by atoms with Gasteiger partial charge in [0.05, 0.1) is 22.9 Å². The van der Waals surface area contributed by atoms with Crippen molar-refractivity contribution in [1.29, 1.82) is 0 Å². The topological polar surface area (TPSA) is 84.5 Å². The lowest BCUT2D eigenvalue weighted by Gasteiger charge is -2.15. The fourth-order valence-electron chi connectivity index (χ4n) is 2.76. The van der Waals surface area contributed by atoms with E-state index in [1.165, 1.54) is 18.2 Å². The second kappa shape index (κ2) is 9.19. The van der Waals surface area contributed by atoms with Crippen LogP contribution in [-0.2, 0) is 10.0 Å². The SMILES string of the molecule is CCOc1ccc(S(=O)(=O)Nc2cccc(Cl)c2C)cc1NC(=O)c1ccccc1. The summed E-state index contributed by atoms with van der Waals surface area (Å²) in [7, 11) is -3.92. The number of hydrogen-bond acceptors (Lipinski definition) is 4. The highest BCUT2D eigenvalue weighted by molar-refractivity contribution is 7.92. The number of anilines is 2. The largest absolute Gasteiger partial charge is 0.492 e. The van der Waals surface area contributed by atoms with E-state index in [0.29, 0.717) is 34.2 Å². The number of carbonyl (C=O) groups excluding carboxylic acids is 1. The van der Waals surface area contributed by atoms with Crippen LogP contribution in [0.15, 0.2) is 71.6 Å². The van der Waals surface area contributed by atoms with Gasteiger partial charge in [0.2, 0.25) is 0 Å². The van der Waals surface area contributed by atoms with E-state index >= 15 is 0 Å². The van der Waals surface area contributed by atoms with Crippen LogP contribution in [0, 0.1) is 6.92 Å². The van der Waals surface area contributed by atoms with Crippen LogP contribution in [0.2, 0.25) is 5.02 Å². The predicted molar refractivity (Wildman–Crippen MR) is 119 cm³/mol. The van der Waals surface area contributed by atoms with Crippen LogP contribution >= 0.6 is 11.6 Å².